The number of urea groups is 1. The SMILES string of the molecule is CCC1CCCN(C(=O)NCC2CCN(c3ccc(F)c(F)c3)C2)C1. The Bertz CT molecular complexity index is 610. The topological polar surface area (TPSA) is 35.6 Å². The van der Waals surface area contributed by atoms with E-state index in [4.69, 9.17) is 0 Å². The van der Waals surface area contributed by atoms with Crippen LogP contribution >= 0.6 is 0 Å². The third kappa shape index (κ3) is 4.41. The summed E-state index contributed by atoms with van der Waals surface area (Å²) in [5, 5.41) is 3.06. The molecule has 0 saturated carbocycles. The van der Waals surface area contributed by atoms with Crippen LogP contribution in [0.15, 0.2) is 18.2 Å². The van der Waals surface area contributed by atoms with Crippen molar-refractivity contribution >= 4 is 11.7 Å². The number of nitrogens with one attached hydrogen (secondary N) is 1. The summed E-state index contributed by atoms with van der Waals surface area (Å²) in [4.78, 5) is 16.3. The van der Waals surface area contributed by atoms with Crippen LogP contribution in [0.2, 0.25) is 0 Å². The lowest BCUT2D eigenvalue weighted by Crippen LogP contribution is -2.46. The molecule has 2 heterocycles. The minimum Gasteiger partial charge on any atom is -0.371 e. The Hall–Kier alpha value is -1.85. The maximum absolute atomic E-state index is 13.4. The third-order valence-electron chi connectivity index (χ3n) is 5.48. The van der Waals surface area contributed by atoms with Crippen LogP contribution in [0.3, 0.4) is 0 Å². The summed E-state index contributed by atoms with van der Waals surface area (Å²) >= 11 is 0. The summed E-state index contributed by atoms with van der Waals surface area (Å²) < 4.78 is 26.4. The molecule has 3 rings (SSSR count). The predicted molar refractivity (Wildman–Crippen MR) is 94.7 cm³/mol. The van der Waals surface area contributed by atoms with E-state index in [9.17, 15) is 13.6 Å². The largest absolute Gasteiger partial charge is 0.371 e. The van der Waals surface area contributed by atoms with Crippen molar-refractivity contribution in [3.05, 3.63) is 29.8 Å². The lowest BCUT2D eigenvalue weighted by Gasteiger charge is -2.32. The molecule has 6 heteroatoms. The number of likely N-dealkylation sites (tertiary alicyclic amines) is 1. The second kappa shape index (κ2) is 8.02. The van der Waals surface area contributed by atoms with Gasteiger partial charge >= 0.3 is 6.03 Å². The van der Waals surface area contributed by atoms with E-state index in [1.165, 1.54) is 18.6 Å². The summed E-state index contributed by atoms with van der Waals surface area (Å²) in [5.41, 5.74) is 0.703. The molecule has 1 aromatic carbocycles. The van der Waals surface area contributed by atoms with Gasteiger partial charge in [0.1, 0.15) is 0 Å². The summed E-state index contributed by atoms with van der Waals surface area (Å²) in [6.07, 6.45) is 4.36. The highest BCUT2D eigenvalue weighted by Crippen LogP contribution is 2.25. The van der Waals surface area contributed by atoms with Gasteiger partial charge in [-0.3, -0.25) is 0 Å². The molecular weight excluding hydrogens is 324 g/mol. The first-order valence-electron chi connectivity index (χ1n) is 9.29. The smallest absolute Gasteiger partial charge is 0.317 e. The van der Waals surface area contributed by atoms with Crippen molar-refractivity contribution in [1.82, 2.24) is 10.2 Å². The number of nitrogens with zero attached hydrogens (tertiary/aromatic N) is 2. The van der Waals surface area contributed by atoms with Crippen molar-refractivity contribution in [3.63, 3.8) is 0 Å². The summed E-state index contributed by atoms with van der Waals surface area (Å²) in [7, 11) is 0. The molecule has 138 valence electrons. The molecule has 2 amide bonds. The van der Waals surface area contributed by atoms with Crippen LogP contribution in [0.5, 0.6) is 0 Å². The second-order valence-electron chi connectivity index (χ2n) is 7.25. The molecule has 4 nitrogen and oxygen atoms in total. The normalized spacial score (nSPS) is 23.8. The second-order valence-corrected chi connectivity index (χ2v) is 7.25. The molecule has 2 aliphatic rings. The number of rotatable bonds is 4. The van der Waals surface area contributed by atoms with Gasteiger partial charge in [0.25, 0.3) is 0 Å². The van der Waals surface area contributed by atoms with Crippen molar-refractivity contribution in [2.45, 2.75) is 32.6 Å². The first-order chi connectivity index (χ1) is 12.1. The number of hydrogen-bond donors (Lipinski definition) is 1. The fourth-order valence-corrected chi connectivity index (χ4v) is 3.84. The number of piperidine rings is 1. The van der Waals surface area contributed by atoms with E-state index in [1.807, 2.05) is 9.80 Å². The molecule has 2 unspecified atom stereocenters. The molecular formula is C19H27F2N3O. The first kappa shape index (κ1) is 18.0. The molecule has 1 N–H and O–H groups in total. The van der Waals surface area contributed by atoms with Crippen LogP contribution < -0.4 is 10.2 Å². The van der Waals surface area contributed by atoms with Crippen LogP contribution in [-0.4, -0.2) is 43.7 Å². The van der Waals surface area contributed by atoms with E-state index >= 15 is 0 Å². The van der Waals surface area contributed by atoms with Gasteiger partial charge in [-0.25, -0.2) is 13.6 Å². The molecule has 0 aromatic heterocycles. The maximum atomic E-state index is 13.4. The van der Waals surface area contributed by atoms with Gasteiger partial charge in [-0.2, -0.15) is 0 Å². The van der Waals surface area contributed by atoms with E-state index in [1.54, 1.807) is 6.07 Å². The monoisotopic (exact) mass is 351 g/mol. The van der Waals surface area contributed by atoms with E-state index < -0.39 is 11.6 Å². The third-order valence-corrected chi connectivity index (χ3v) is 5.48. The first-order valence-corrected chi connectivity index (χ1v) is 9.29. The molecule has 2 aliphatic heterocycles. The number of carbonyl (C=O) groups is 1. The average molecular weight is 351 g/mol. The number of benzene rings is 1. The summed E-state index contributed by atoms with van der Waals surface area (Å²) in [6.45, 7) is 6.06. The summed E-state index contributed by atoms with van der Waals surface area (Å²) in [5.74, 6) is -0.679. The molecule has 1 aromatic rings. The Balaban J connectivity index is 1.46. The van der Waals surface area contributed by atoms with Crippen LogP contribution in [0.4, 0.5) is 19.3 Å². The van der Waals surface area contributed by atoms with Gasteiger partial charge in [-0.05, 0) is 43.2 Å². The van der Waals surface area contributed by atoms with Crippen LogP contribution in [0, 0.1) is 23.5 Å². The Morgan fingerprint density at radius 1 is 1.16 bits per heavy atom. The number of hydrogen-bond acceptors (Lipinski definition) is 2. The minimum atomic E-state index is -0.821. The van der Waals surface area contributed by atoms with E-state index in [0.29, 0.717) is 24.1 Å². The number of carbonyl (C=O) groups excluding carboxylic acids is 1. The van der Waals surface area contributed by atoms with Gasteiger partial charge in [-0.15, -0.1) is 0 Å². The molecule has 2 saturated heterocycles. The van der Waals surface area contributed by atoms with Crippen molar-refractivity contribution in [1.29, 1.82) is 0 Å². The lowest BCUT2D eigenvalue weighted by atomic mass is 9.96. The van der Waals surface area contributed by atoms with Crippen LogP contribution in [0.25, 0.3) is 0 Å². The van der Waals surface area contributed by atoms with Gasteiger partial charge in [0.15, 0.2) is 11.6 Å². The zero-order valence-corrected chi connectivity index (χ0v) is 14.8. The average Bonchev–Trinajstić information content (AvgIpc) is 3.11. The Morgan fingerprint density at radius 3 is 2.76 bits per heavy atom. The number of amides is 2. The highest BCUT2D eigenvalue weighted by Gasteiger charge is 2.26. The van der Waals surface area contributed by atoms with Crippen molar-refractivity contribution in [3.8, 4) is 0 Å². The molecule has 0 aliphatic carbocycles. The van der Waals surface area contributed by atoms with Crippen molar-refractivity contribution in [2.75, 3.05) is 37.6 Å². The Morgan fingerprint density at radius 2 is 2.00 bits per heavy atom. The Kier molecular flexibility index (Phi) is 5.76. The van der Waals surface area contributed by atoms with Gasteiger partial charge in [-0.1, -0.05) is 13.3 Å². The zero-order chi connectivity index (χ0) is 17.8. The van der Waals surface area contributed by atoms with E-state index in [2.05, 4.69) is 12.2 Å². The molecule has 0 radical (unpaired) electrons. The zero-order valence-electron chi connectivity index (χ0n) is 14.8. The van der Waals surface area contributed by atoms with Gasteiger partial charge in [0.2, 0.25) is 0 Å². The quantitative estimate of drug-likeness (QED) is 0.899. The van der Waals surface area contributed by atoms with Crippen LogP contribution in [-0.2, 0) is 0 Å². The fourth-order valence-electron chi connectivity index (χ4n) is 3.84. The summed E-state index contributed by atoms with van der Waals surface area (Å²) in [6, 6.07) is 4.05. The van der Waals surface area contributed by atoms with Crippen molar-refractivity contribution < 1.29 is 13.6 Å². The molecule has 25 heavy (non-hydrogen) atoms. The highest BCUT2D eigenvalue weighted by molar-refractivity contribution is 5.74. The maximum Gasteiger partial charge on any atom is 0.317 e. The number of halogens is 2. The van der Waals surface area contributed by atoms with Crippen LogP contribution in [0.1, 0.15) is 32.6 Å². The standard InChI is InChI=1S/C19H27F2N3O/c1-2-14-4-3-8-24(12-14)19(25)22-11-15-7-9-23(13-15)16-5-6-17(20)18(21)10-16/h5-6,10,14-15H,2-4,7-9,11-13H2,1H3,(H,22,25). The predicted octanol–water partition coefficient (Wildman–Crippen LogP) is 3.62. The minimum absolute atomic E-state index is 0.0319. The van der Waals surface area contributed by atoms with E-state index in [-0.39, 0.29) is 6.03 Å². The van der Waals surface area contributed by atoms with Crippen molar-refractivity contribution in [2.24, 2.45) is 11.8 Å². The van der Waals surface area contributed by atoms with Gasteiger partial charge < -0.3 is 15.1 Å². The molecule has 2 atom stereocenters. The van der Waals surface area contributed by atoms with Gasteiger partial charge in [0, 0.05) is 44.5 Å². The number of anilines is 1. The fraction of sp³-hybridized carbons (Fsp3) is 0.632. The lowest BCUT2D eigenvalue weighted by molar-refractivity contribution is 0.163. The molecule has 0 bridgehead atoms. The van der Waals surface area contributed by atoms with Gasteiger partial charge in [0.05, 0.1) is 0 Å². The molecule has 2 fully saturated rings. The van der Waals surface area contributed by atoms with E-state index in [0.717, 1.165) is 45.4 Å². The molecule has 0 spiro atoms. The highest BCUT2D eigenvalue weighted by atomic mass is 19.2. The Labute approximate surface area is 148 Å².